The third-order valence-corrected chi connectivity index (χ3v) is 2.13. The largest absolute Gasteiger partial charge is 0.399 e. The minimum atomic E-state index is 0.803. The van der Waals surface area contributed by atoms with Crippen LogP contribution in [0.4, 0.5) is 5.69 Å². The second kappa shape index (κ2) is 2.97. The van der Waals surface area contributed by atoms with Gasteiger partial charge in [-0.1, -0.05) is 6.07 Å². The predicted octanol–water partition coefficient (Wildman–Crippen LogP) is 2.17. The molecule has 1 radical (unpaired) electrons. The van der Waals surface area contributed by atoms with Gasteiger partial charge in [0.15, 0.2) is 0 Å². The lowest BCUT2D eigenvalue weighted by Crippen LogP contribution is -1.85. The molecule has 53 valence electrons. The molecule has 10 heavy (non-hydrogen) atoms. The number of hydrogen-bond acceptors (Lipinski definition) is 2. The van der Waals surface area contributed by atoms with E-state index in [4.69, 9.17) is 5.73 Å². The Hall–Kier alpha value is -0.630. The highest BCUT2D eigenvalue weighted by Gasteiger charge is 1.94. The lowest BCUT2D eigenvalue weighted by molar-refractivity contribution is 1.40. The summed E-state index contributed by atoms with van der Waals surface area (Å²) in [5.41, 5.74) is 7.41. The van der Waals surface area contributed by atoms with Gasteiger partial charge < -0.3 is 5.73 Å². The minimum Gasteiger partial charge on any atom is -0.399 e. The standard InChI is InChI=1S/C8H10NS/c1-6-3-4-7(9)5-8(6)10-2/h3-5H,1,9H2,2H3. The fourth-order valence-electron chi connectivity index (χ4n) is 0.761. The molecule has 0 spiro atoms. The summed E-state index contributed by atoms with van der Waals surface area (Å²) in [7, 11) is 0. The highest BCUT2D eigenvalue weighted by molar-refractivity contribution is 7.98. The summed E-state index contributed by atoms with van der Waals surface area (Å²) in [4.78, 5) is 1.15. The van der Waals surface area contributed by atoms with Crippen LogP contribution >= 0.6 is 11.8 Å². The molecule has 0 aromatic heterocycles. The number of anilines is 1. The van der Waals surface area contributed by atoms with Crippen molar-refractivity contribution in [3.63, 3.8) is 0 Å². The van der Waals surface area contributed by atoms with Crippen LogP contribution in [0.15, 0.2) is 23.1 Å². The van der Waals surface area contributed by atoms with Gasteiger partial charge in [-0.15, -0.1) is 11.8 Å². The van der Waals surface area contributed by atoms with Gasteiger partial charge in [0.05, 0.1) is 0 Å². The van der Waals surface area contributed by atoms with E-state index < -0.39 is 0 Å². The quantitative estimate of drug-likeness (QED) is 0.493. The topological polar surface area (TPSA) is 26.0 Å². The van der Waals surface area contributed by atoms with Crippen molar-refractivity contribution in [3.05, 3.63) is 30.7 Å². The molecule has 0 amide bonds. The van der Waals surface area contributed by atoms with Crippen LogP contribution in [-0.4, -0.2) is 6.26 Å². The van der Waals surface area contributed by atoms with Crippen LogP contribution in [-0.2, 0) is 0 Å². The lowest BCUT2D eigenvalue weighted by atomic mass is 10.2. The van der Waals surface area contributed by atoms with Gasteiger partial charge in [0.2, 0.25) is 0 Å². The molecule has 1 nitrogen and oxygen atoms in total. The number of thioether (sulfide) groups is 1. The van der Waals surface area contributed by atoms with Crippen LogP contribution in [0.5, 0.6) is 0 Å². The van der Waals surface area contributed by atoms with Crippen LogP contribution in [0.25, 0.3) is 0 Å². The van der Waals surface area contributed by atoms with Gasteiger partial charge in [-0.25, -0.2) is 0 Å². The summed E-state index contributed by atoms with van der Waals surface area (Å²) in [6.45, 7) is 3.86. The van der Waals surface area contributed by atoms with E-state index in [0.717, 1.165) is 16.1 Å². The second-order valence-corrected chi connectivity index (χ2v) is 2.92. The van der Waals surface area contributed by atoms with E-state index in [9.17, 15) is 0 Å². The van der Waals surface area contributed by atoms with Crippen molar-refractivity contribution in [2.75, 3.05) is 12.0 Å². The molecule has 0 saturated carbocycles. The van der Waals surface area contributed by atoms with Crippen molar-refractivity contribution in [1.29, 1.82) is 0 Å². The van der Waals surface area contributed by atoms with Gasteiger partial charge in [0, 0.05) is 10.6 Å². The zero-order chi connectivity index (χ0) is 7.56. The summed E-state index contributed by atoms with van der Waals surface area (Å²) >= 11 is 1.67. The van der Waals surface area contributed by atoms with E-state index in [1.807, 2.05) is 24.5 Å². The van der Waals surface area contributed by atoms with Gasteiger partial charge in [-0.05, 0) is 30.9 Å². The van der Waals surface area contributed by atoms with Crippen molar-refractivity contribution in [2.24, 2.45) is 0 Å². The van der Waals surface area contributed by atoms with Crippen molar-refractivity contribution in [2.45, 2.75) is 4.90 Å². The molecular formula is C8H10NS. The van der Waals surface area contributed by atoms with Crippen LogP contribution < -0.4 is 5.73 Å². The molecule has 0 atom stereocenters. The molecule has 0 bridgehead atoms. The Labute approximate surface area is 65.6 Å². The maximum Gasteiger partial charge on any atom is 0.0325 e. The van der Waals surface area contributed by atoms with Gasteiger partial charge in [-0.2, -0.15) is 0 Å². The molecule has 0 aliphatic heterocycles. The normalized spacial score (nSPS) is 9.80. The summed E-state index contributed by atoms with van der Waals surface area (Å²) in [5.74, 6) is 0. The zero-order valence-corrected chi connectivity index (χ0v) is 6.74. The van der Waals surface area contributed by atoms with Crippen molar-refractivity contribution in [1.82, 2.24) is 0 Å². The summed E-state index contributed by atoms with van der Waals surface area (Å²) in [6.07, 6.45) is 2.02. The molecule has 2 heteroatoms. The van der Waals surface area contributed by atoms with Gasteiger partial charge in [-0.3, -0.25) is 0 Å². The fraction of sp³-hybridized carbons (Fsp3) is 0.125. The fourth-order valence-corrected chi connectivity index (χ4v) is 1.35. The van der Waals surface area contributed by atoms with E-state index in [1.54, 1.807) is 11.8 Å². The van der Waals surface area contributed by atoms with Crippen molar-refractivity contribution < 1.29 is 0 Å². The molecule has 0 fully saturated rings. The molecule has 1 rings (SSSR count). The molecule has 0 unspecified atom stereocenters. The van der Waals surface area contributed by atoms with Gasteiger partial charge in [0.1, 0.15) is 0 Å². The SMILES string of the molecule is [CH2]c1ccc(N)cc1SC. The van der Waals surface area contributed by atoms with Gasteiger partial charge in [0.25, 0.3) is 0 Å². The molecule has 0 aliphatic carbocycles. The summed E-state index contributed by atoms with van der Waals surface area (Å²) in [6, 6.07) is 5.73. The Morgan fingerprint density at radius 3 is 2.70 bits per heavy atom. The van der Waals surface area contributed by atoms with E-state index in [-0.39, 0.29) is 0 Å². The van der Waals surface area contributed by atoms with E-state index in [0.29, 0.717) is 0 Å². The average Bonchev–Trinajstić information content (AvgIpc) is 1.94. The molecule has 1 aromatic rings. The van der Waals surface area contributed by atoms with Gasteiger partial charge >= 0.3 is 0 Å². The van der Waals surface area contributed by atoms with Crippen LogP contribution in [0.1, 0.15) is 5.56 Å². The Balaban J connectivity index is 3.09. The number of rotatable bonds is 1. The van der Waals surface area contributed by atoms with Crippen LogP contribution in [0.2, 0.25) is 0 Å². The monoisotopic (exact) mass is 152 g/mol. The van der Waals surface area contributed by atoms with Crippen molar-refractivity contribution >= 4 is 17.4 Å². The van der Waals surface area contributed by atoms with Crippen molar-refractivity contribution in [3.8, 4) is 0 Å². The van der Waals surface area contributed by atoms with E-state index >= 15 is 0 Å². The second-order valence-electron chi connectivity index (χ2n) is 2.07. The maximum atomic E-state index is 5.56. The first-order chi connectivity index (χ1) is 4.74. The zero-order valence-electron chi connectivity index (χ0n) is 5.92. The number of benzene rings is 1. The predicted molar refractivity (Wildman–Crippen MR) is 47.1 cm³/mol. The summed E-state index contributed by atoms with van der Waals surface area (Å²) < 4.78 is 0. The number of hydrogen-bond donors (Lipinski definition) is 1. The lowest BCUT2D eigenvalue weighted by Gasteiger charge is -2.01. The van der Waals surface area contributed by atoms with E-state index in [2.05, 4.69) is 6.92 Å². The minimum absolute atomic E-state index is 0.803. The molecule has 0 aliphatic rings. The first-order valence-corrected chi connectivity index (χ1v) is 4.22. The first-order valence-electron chi connectivity index (χ1n) is 2.99. The highest BCUT2D eigenvalue weighted by Crippen LogP contribution is 2.21. The Kier molecular flexibility index (Phi) is 2.22. The molecule has 2 N–H and O–H groups in total. The van der Waals surface area contributed by atoms with Crippen LogP contribution in [0, 0.1) is 6.92 Å². The summed E-state index contributed by atoms with van der Waals surface area (Å²) in [5, 5.41) is 0. The first kappa shape index (κ1) is 7.48. The Morgan fingerprint density at radius 2 is 2.20 bits per heavy atom. The molecule has 0 saturated heterocycles. The molecular weight excluding hydrogens is 142 g/mol. The maximum absolute atomic E-state index is 5.56. The smallest absolute Gasteiger partial charge is 0.0325 e. The third-order valence-electron chi connectivity index (χ3n) is 1.31. The van der Waals surface area contributed by atoms with E-state index in [1.165, 1.54) is 0 Å². The number of nitrogen functional groups attached to an aromatic ring is 1. The molecule has 1 aromatic carbocycles. The average molecular weight is 152 g/mol. The Bertz CT molecular complexity index is 233. The number of nitrogens with two attached hydrogens (primary N) is 1. The molecule has 0 heterocycles. The Morgan fingerprint density at radius 1 is 1.50 bits per heavy atom. The van der Waals surface area contributed by atoms with Crippen LogP contribution in [0.3, 0.4) is 0 Å². The highest BCUT2D eigenvalue weighted by atomic mass is 32.2. The third kappa shape index (κ3) is 1.45.